The van der Waals surface area contributed by atoms with E-state index in [1.165, 1.54) is 12.1 Å². The van der Waals surface area contributed by atoms with Gasteiger partial charge in [0.1, 0.15) is 5.60 Å². The van der Waals surface area contributed by atoms with Crippen molar-refractivity contribution >= 4 is 34.9 Å². The summed E-state index contributed by atoms with van der Waals surface area (Å²) in [6, 6.07) is 13.2. The minimum absolute atomic E-state index is 0.00530. The molecule has 0 aliphatic heterocycles. The van der Waals surface area contributed by atoms with Crippen LogP contribution in [0.2, 0.25) is 0 Å². The lowest BCUT2D eigenvalue weighted by molar-refractivity contribution is -0.181. The van der Waals surface area contributed by atoms with Gasteiger partial charge >= 0.3 is 11.9 Å². The van der Waals surface area contributed by atoms with Gasteiger partial charge in [0.15, 0.2) is 12.4 Å². The number of ether oxygens (including phenoxy) is 1. The van der Waals surface area contributed by atoms with Gasteiger partial charge in [-0.25, -0.2) is 4.79 Å². The summed E-state index contributed by atoms with van der Waals surface area (Å²) in [5.74, 6) is -2.22. The number of carboxylic acid groups (broad SMARTS) is 1. The first-order valence-corrected chi connectivity index (χ1v) is 16.2. The number of hydrogen-bond acceptors (Lipinski definition) is 9. The van der Waals surface area contributed by atoms with E-state index in [1.807, 2.05) is 25.1 Å². The third kappa shape index (κ3) is 5.78. The number of aliphatic hydroxyl groups is 2. The van der Waals surface area contributed by atoms with E-state index in [1.54, 1.807) is 36.4 Å². The number of aliphatic hydroxyl groups excluding tert-OH is 1. The summed E-state index contributed by atoms with van der Waals surface area (Å²) in [5, 5.41) is 41.0. The summed E-state index contributed by atoms with van der Waals surface area (Å²) >= 11 is 0. The number of ketones is 2. The first kappa shape index (κ1) is 32.7. The lowest BCUT2D eigenvalue weighted by atomic mass is 9.46. The van der Waals surface area contributed by atoms with Crippen LogP contribution in [-0.2, 0) is 25.5 Å². The molecule has 0 amide bonds. The molecule has 0 spiro atoms. The Balaban J connectivity index is 1.07. The average Bonchev–Trinajstić information content (AvgIpc) is 3.32. The molecular weight excluding hydrogens is 600 g/mol. The minimum Gasteiger partial charge on any atom is -0.478 e. The lowest BCUT2D eigenvalue weighted by Gasteiger charge is -2.59. The number of nitrogens with zero attached hydrogens (tertiary/aromatic N) is 2. The van der Waals surface area contributed by atoms with E-state index in [-0.39, 0.29) is 54.8 Å². The molecule has 6 rings (SSSR count). The van der Waals surface area contributed by atoms with Crippen LogP contribution in [-0.4, -0.2) is 57.1 Å². The molecule has 10 nitrogen and oxygen atoms in total. The van der Waals surface area contributed by atoms with Gasteiger partial charge in [0.25, 0.3) is 0 Å². The predicted molar refractivity (Wildman–Crippen MR) is 171 cm³/mol. The van der Waals surface area contributed by atoms with Crippen LogP contribution in [0.15, 0.2) is 82.6 Å². The van der Waals surface area contributed by atoms with Gasteiger partial charge in [-0.2, -0.15) is 10.2 Å². The number of azo groups is 1. The predicted octanol–water partition coefficient (Wildman–Crippen LogP) is 5.85. The number of fused-ring (bicyclic) bond motifs is 5. The van der Waals surface area contributed by atoms with Gasteiger partial charge in [-0.3, -0.25) is 14.4 Å². The van der Waals surface area contributed by atoms with Crippen LogP contribution in [0, 0.1) is 28.6 Å². The Morgan fingerprint density at radius 1 is 1.02 bits per heavy atom. The van der Waals surface area contributed by atoms with Gasteiger partial charge in [-0.1, -0.05) is 43.7 Å². The lowest BCUT2D eigenvalue weighted by Crippen LogP contribution is -2.61. The Kier molecular flexibility index (Phi) is 8.61. The summed E-state index contributed by atoms with van der Waals surface area (Å²) in [4.78, 5) is 49.5. The van der Waals surface area contributed by atoms with Crippen molar-refractivity contribution in [2.45, 2.75) is 70.5 Å². The highest BCUT2D eigenvalue weighted by Crippen LogP contribution is 2.67. The van der Waals surface area contributed by atoms with Crippen LogP contribution in [0.5, 0.6) is 0 Å². The highest BCUT2D eigenvalue weighted by Gasteiger charge is 2.68. The molecule has 3 N–H and O–H groups in total. The first-order chi connectivity index (χ1) is 22.4. The summed E-state index contributed by atoms with van der Waals surface area (Å²) in [7, 11) is 0. The fraction of sp³-hybridized carbons (Fsp3) is 0.459. The van der Waals surface area contributed by atoms with E-state index in [0.29, 0.717) is 17.8 Å². The molecular formula is C37H40N2O8. The SMILES string of the molecule is C[C@]12C=CC(=O)C=C1CC[C@@H]1[C@@H]2[C@@H](O)C[C@@]2(C)[C@H]1CC[C@]2(O)C(=O)COC(=O)CCc1ccccc1N=Nc1ccc(C(=O)O)cc1. The molecule has 3 saturated carbocycles. The van der Waals surface area contributed by atoms with Crippen LogP contribution in [0.4, 0.5) is 11.4 Å². The molecule has 0 heterocycles. The first-order valence-electron chi connectivity index (χ1n) is 16.2. The maximum atomic E-state index is 13.6. The van der Waals surface area contributed by atoms with Crippen molar-refractivity contribution < 1.29 is 39.2 Å². The smallest absolute Gasteiger partial charge is 0.335 e. The van der Waals surface area contributed by atoms with Crippen molar-refractivity contribution in [3.63, 3.8) is 0 Å². The summed E-state index contributed by atoms with van der Waals surface area (Å²) < 4.78 is 5.40. The molecule has 2 aromatic carbocycles. The van der Waals surface area contributed by atoms with Crippen molar-refractivity contribution in [3.05, 3.63) is 83.5 Å². The maximum Gasteiger partial charge on any atom is 0.335 e. The third-order valence-corrected chi connectivity index (χ3v) is 11.5. The van der Waals surface area contributed by atoms with Gasteiger partial charge in [-0.15, -0.1) is 0 Å². The number of hydrogen-bond donors (Lipinski definition) is 3. The highest BCUT2D eigenvalue weighted by atomic mass is 16.5. The van der Waals surface area contributed by atoms with E-state index in [2.05, 4.69) is 17.2 Å². The molecule has 10 heteroatoms. The molecule has 4 aliphatic carbocycles. The van der Waals surface area contributed by atoms with Gasteiger partial charge in [0, 0.05) is 23.2 Å². The molecule has 47 heavy (non-hydrogen) atoms. The van der Waals surface area contributed by atoms with Gasteiger partial charge in [-0.05, 0) is 98.4 Å². The number of aryl methyl sites for hydroxylation is 1. The number of aromatic carboxylic acids is 1. The molecule has 4 aliphatic rings. The molecule has 3 fully saturated rings. The summed E-state index contributed by atoms with van der Waals surface area (Å²) in [6.07, 6.45) is 7.36. The topological polar surface area (TPSA) is 163 Å². The molecule has 7 atom stereocenters. The molecule has 246 valence electrons. The molecule has 0 saturated heterocycles. The Labute approximate surface area is 273 Å². The van der Waals surface area contributed by atoms with Gasteiger partial charge in [0.2, 0.25) is 5.78 Å². The average molecular weight is 641 g/mol. The summed E-state index contributed by atoms with van der Waals surface area (Å²) in [5.41, 5.74) is -0.0860. The Morgan fingerprint density at radius 3 is 2.51 bits per heavy atom. The quantitative estimate of drug-likeness (QED) is 0.227. The van der Waals surface area contributed by atoms with Crippen molar-refractivity contribution in [3.8, 4) is 0 Å². The van der Waals surface area contributed by atoms with Crippen molar-refractivity contribution in [2.24, 2.45) is 38.8 Å². The van der Waals surface area contributed by atoms with E-state index in [0.717, 1.165) is 24.0 Å². The van der Waals surface area contributed by atoms with E-state index >= 15 is 0 Å². The number of carbonyl (C=O) groups is 4. The highest BCUT2D eigenvalue weighted by molar-refractivity contribution is 6.01. The van der Waals surface area contributed by atoms with Crippen molar-refractivity contribution in [1.29, 1.82) is 0 Å². The fourth-order valence-electron chi connectivity index (χ4n) is 8.96. The second-order valence-corrected chi connectivity index (χ2v) is 13.9. The molecule has 0 radical (unpaired) electrons. The number of allylic oxidation sites excluding steroid dienone is 4. The standard InChI is InChI=1S/C37H40N2O8/c1-35-17-15-26(40)19-24(35)10-13-27-28-16-18-37(46,36(28,2)20-30(41)33(27)35)31(42)21-47-32(43)14-9-22-5-3-4-6-29(22)39-38-25-11-7-23(8-12-25)34(44)45/h3-8,11-12,15,17,19,27-28,30,33,41,46H,9-10,13-14,16,18,20-21H2,1-2H3,(H,44,45)/t27-,28-,30-,33+,35-,36-,37-/m0/s1. The molecule has 2 aromatic rings. The monoisotopic (exact) mass is 640 g/mol. The van der Waals surface area contributed by atoms with Crippen molar-refractivity contribution in [1.82, 2.24) is 0 Å². The largest absolute Gasteiger partial charge is 0.478 e. The second-order valence-electron chi connectivity index (χ2n) is 13.9. The zero-order chi connectivity index (χ0) is 33.6. The van der Waals surface area contributed by atoms with E-state index in [9.17, 15) is 29.4 Å². The van der Waals surface area contributed by atoms with Crippen LogP contribution < -0.4 is 0 Å². The number of rotatable bonds is 9. The van der Waals surface area contributed by atoms with Crippen LogP contribution in [0.25, 0.3) is 0 Å². The van der Waals surface area contributed by atoms with Gasteiger partial charge in [0.05, 0.1) is 23.0 Å². The van der Waals surface area contributed by atoms with Crippen LogP contribution in [0.1, 0.15) is 68.3 Å². The number of carboxylic acids is 1. The zero-order valence-electron chi connectivity index (χ0n) is 26.6. The van der Waals surface area contributed by atoms with Crippen molar-refractivity contribution in [2.75, 3.05) is 6.61 Å². The molecule has 0 aromatic heterocycles. The summed E-state index contributed by atoms with van der Waals surface area (Å²) in [6.45, 7) is 3.42. The Bertz CT molecular complexity index is 1700. The minimum atomic E-state index is -1.73. The van der Waals surface area contributed by atoms with E-state index in [4.69, 9.17) is 9.84 Å². The maximum absolute atomic E-state index is 13.6. The number of Topliss-reactive ketones (excluding diaryl/α,β-unsaturated/α-hetero) is 1. The van der Waals surface area contributed by atoms with Gasteiger partial charge < -0.3 is 20.1 Å². The fourth-order valence-corrected chi connectivity index (χ4v) is 8.96. The second kappa shape index (κ2) is 12.4. The van der Waals surface area contributed by atoms with Crippen LogP contribution >= 0.6 is 0 Å². The number of carbonyl (C=O) groups excluding carboxylic acids is 3. The van der Waals surface area contributed by atoms with Crippen LogP contribution in [0.3, 0.4) is 0 Å². The molecule has 0 bridgehead atoms. The zero-order valence-corrected chi connectivity index (χ0v) is 26.6. The van der Waals surface area contributed by atoms with E-state index < -0.39 is 46.9 Å². The normalized spacial score (nSPS) is 32.7. The number of esters is 1. The molecule has 0 unspecified atom stereocenters. The Morgan fingerprint density at radius 2 is 1.77 bits per heavy atom. The Hall–Kier alpha value is -4.28. The third-order valence-electron chi connectivity index (χ3n) is 11.5. The number of benzene rings is 2.